The number of aliphatic hydroxyl groups is 1. The fourth-order valence-electron chi connectivity index (χ4n) is 3.11. The third kappa shape index (κ3) is 3.61. The molecule has 0 aliphatic carbocycles. The van der Waals surface area contributed by atoms with Crippen LogP contribution in [0, 0.1) is 11.6 Å². The molecule has 25 heavy (non-hydrogen) atoms. The number of nitrogens with zero attached hydrogens (tertiary/aromatic N) is 3. The van der Waals surface area contributed by atoms with Crippen molar-refractivity contribution in [2.24, 2.45) is 0 Å². The molecule has 1 aliphatic heterocycles. The van der Waals surface area contributed by atoms with Crippen LogP contribution in [0.5, 0.6) is 0 Å². The van der Waals surface area contributed by atoms with Crippen LogP contribution in [0.4, 0.5) is 8.78 Å². The average Bonchev–Trinajstić information content (AvgIpc) is 3.20. The van der Waals surface area contributed by atoms with Crippen molar-refractivity contribution in [1.29, 1.82) is 0 Å². The van der Waals surface area contributed by atoms with E-state index >= 15 is 0 Å². The average molecular weight is 347 g/mol. The number of rotatable bonds is 4. The number of hydrogen-bond acceptors (Lipinski definition) is 3. The van der Waals surface area contributed by atoms with Crippen molar-refractivity contribution in [2.75, 3.05) is 6.54 Å². The monoisotopic (exact) mass is 347 g/mol. The van der Waals surface area contributed by atoms with Gasteiger partial charge < -0.3 is 14.6 Å². The third-order valence-electron chi connectivity index (χ3n) is 4.34. The molecule has 1 saturated heterocycles. The van der Waals surface area contributed by atoms with E-state index in [0.717, 1.165) is 18.2 Å². The van der Waals surface area contributed by atoms with Crippen molar-refractivity contribution in [1.82, 2.24) is 14.5 Å². The van der Waals surface area contributed by atoms with Crippen LogP contribution in [-0.2, 0) is 11.3 Å². The second kappa shape index (κ2) is 7.14. The molecule has 1 aromatic carbocycles. The van der Waals surface area contributed by atoms with Crippen molar-refractivity contribution in [3.63, 3.8) is 0 Å². The van der Waals surface area contributed by atoms with Crippen molar-refractivity contribution < 1.29 is 18.7 Å². The Balaban J connectivity index is 1.84. The van der Waals surface area contributed by atoms with Crippen molar-refractivity contribution in [3.8, 4) is 0 Å². The standard InChI is InChI=1S/C18H19F2N3O2/c1-2-22-8-7-21-17(22)5-6-18(25)23-11-13(24)10-16(23)14-9-12(19)3-4-15(14)20/h3-9,13,16,24H,2,10-11H2,1H3/b6-5+. The Kier molecular flexibility index (Phi) is 4.94. The number of carbonyl (C=O) groups is 1. The Bertz CT molecular complexity index is 803. The molecule has 3 rings (SSSR count). The maximum atomic E-state index is 14.1. The minimum atomic E-state index is -0.775. The number of aliphatic hydroxyl groups excluding tert-OH is 1. The molecule has 2 atom stereocenters. The summed E-state index contributed by atoms with van der Waals surface area (Å²) >= 11 is 0. The zero-order chi connectivity index (χ0) is 18.0. The number of aromatic nitrogens is 2. The number of hydrogen-bond donors (Lipinski definition) is 1. The summed E-state index contributed by atoms with van der Waals surface area (Å²) < 4.78 is 29.4. The van der Waals surface area contributed by atoms with Crippen LogP contribution in [-0.4, -0.2) is 38.1 Å². The summed E-state index contributed by atoms with van der Waals surface area (Å²) in [7, 11) is 0. The maximum absolute atomic E-state index is 14.1. The van der Waals surface area contributed by atoms with Gasteiger partial charge in [-0.2, -0.15) is 0 Å². The van der Waals surface area contributed by atoms with Gasteiger partial charge in [-0.3, -0.25) is 4.79 Å². The van der Waals surface area contributed by atoms with E-state index < -0.39 is 23.8 Å². The molecule has 1 N–H and O–H groups in total. The number of amides is 1. The van der Waals surface area contributed by atoms with E-state index in [1.54, 1.807) is 18.5 Å². The van der Waals surface area contributed by atoms with Gasteiger partial charge in [-0.1, -0.05) is 0 Å². The van der Waals surface area contributed by atoms with Crippen LogP contribution in [0.25, 0.3) is 6.08 Å². The minimum absolute atomic E-state index is 0.0754. The van der Waals surface area contributed by atoms with E-state index in [9.17, 15) is 18.7 Å². The van der Waals surface area contributed by atoms with E-state index in [1.807, 2.05) is 11.5 Å². The first kappa shape index (κ1) is 17.3. The third-order valence-corrected chi connectivity index (χ3v) is 4.34. The fourth-order valence-corrected chi connectivity index (χ4v) is 3.11. The number of halogens is 2. The van der Waals surface area contributed by atoms with Gasteiger partial charge >= 0.3 is 0 Å². The highest BCUT2D eigenvalue weighted by molar-refractivity contribution is 5.92. The lowest BCUT2D eigenvalue weighted by Gasteiger charge is -2.23. The molecule has 1 amide bonds. The van der Waals surface area contributed by atoms with Crippen molar-refractivity contribution in [2.45, 2.75) is 32.0 Å². The second-order valence-corrected chi connectivity index (χ2v) is 5.97. The Morgan fingerprint density at radius 1 is 1.44 bits per heavy atom. The summed E-state index contributed by atoms with van der Waals surface area (Å²) in [5.41, 5.74) is 0.0772. The smallest absolute Gasteiger partial charge is 0.247 e. The predicted octanol–water partition coefficient (Wildman–Crippen LogP) is 2.53. The van der Waals surface area contributed by atoms with Crippen LogP contribution in [0.15, 0.2) is 36.7 Å². The normalized spacial score (nSPS) is 20.6. The Labute approximate surface area is 144 Å². The molecule has 1 aliphatic rings. The van der Waals surface area contributed by atoms with Crippen LogP contribution in [0.3, 0.4) is 0 Å². The summed E-state index contributed by atoms with van der Waals surface area (Å²) in [5, 5.41) is 9.92. The molecule has 2 aromatic rings. The number of β-amino-alcohol motifs (C(OH)–C–C–N with tert-alkyl or cyclic N) is 1. The van der Waals surface area contributed by atoms with E-state index in [2.05, 4.69) is 4.98 Å². The van der Waals surface area contributed by atoms with Gasteiger partial charge in [0.1, 0.15) is 17.5 Å². The molecular weight excluding hydrogens is 328 g/mol. The lowest BCUT2D eigenvalue weighted by molar-refractivity contribution is -0.127. The van der Waals surface area contributed by atoms with Gasteiger partial charge in [0.2, 0.25) is 5.91 Å². The van der Waals surface area contributed by atoms with Crippen LogP contribution in [0.2, 0.25) is 0 Å². The Hall–Kier alpha value is -2.54. The number of likely N-dealkylation sites (tertiary alicyclic amines) is 1. The van der Waals surface area contributed by atoms with Crippen molar-refractivity contribution >= 4 is 12.0 Å². The van der Waals surface area contributed by atoms with E-state index in [0.29, 0.717) is 12.4 Å². The minimum Gasteiger partial charge on any atom is -0.391 e. The van der Waals surface area contributed by atoms with Gasteiger partial charge in [0, 0.05) is 37.1 Å². The fraction of sp³-hybridized carbons (Fsp3) is 0.333. The molecule has 0 spiro atoms. The molecule has 132 valence electrons. The summed E-state index contributed by atoms with van der Waals surface area (Å²) in [4.78, 5) is 18.0. The zero-order valence-electron chi connectivity index (χ0n) is 13.8. The molecule has 5 nitrogen and oxygen atoms in total. The first-order valence-electron chi connectivity index (χ1n) is 8.12. The Morgan fingerprint density at radius 3 is 3.00 bits per heavy atom. The highest BCUT2D eigenvalue weighted by Crippen LogP contribution is 2.34. The molecule has 0 bridgehead atoms. The summed E-state index contributed by atoms with van der Waals surface area (Å²) in [6.07, 6.45) is 5.76. The van der Waals surface area contributed by atoms with Crippen LogP contribution >= 0.6 is 0 Å². The molecule has 0 saturated carbocycles. The van der Waals surface area contributed by atoms with Gasteiger partial charge in [-0.25, -0.2) is 13.8 Å². The van der Waals surface area contributed by atoms with Gasteiger partial charge in [0.05, 0.1) is 12.1 Å². The van der Waals surface area contributed by atoms with Crippen LogP contribution in [0.1, 0.15) is 30.8 Å². The van der Waals surface area contributed by atoms with Gasteiger partial charge in [0.25, 0.3) is 0 Å². The topological polar surface area (TPSA) is 58.4 Å². The highest BCUT2D eigenvalue weighted by Gasteiger charge is 2.36. The first-order chi connectivity index (χ1) is 12.0. The lowest BCUT2D eigenvalue weighted by Crippen LogP contribution is -2.30. The quantitative estimate of drug-likeness (QED) is 0.865. The highest BCUT2D eigenvalue weighted by atomic mass is 19.1. The summed E-state index contributed by atoms with van der Waals surface area (Å²) in [6.45, 7) is 2.75. The van der Waals surface area contributed by atoms with E-state index in [-0.39, 0.29) is 24.4 Å². The predicted molar refractivity (Wildman–Crippen MR) is 88.4 cm³/mol. The summed E-state index contributed by atoms with van der Waals surface area (Å²) in [5.74, 6) is -0.922. The van der Waals surface area contributed by atoms with Gasteiger partial charge in [-0.15, -0.1) is 0 Å². The molecule has 0 radical (unpaired) electrons. The maximum Gasteiger partial charge on any atom is 0.247 e. The van der Waals surface area contributed by atoms with Gasteiger partial charge in [0.15, 0.2) is 0 Å². The number of benzene rings is 1. The molecule has 1 aromatic heterocycles. The van der Waals surface area contributed by atoms with Crippen molar-refractivity contribution in [3.05, 3.63) is 59.7 Å². The molecule has 1 fully saturated rings. The zero-order valence-corrected chi connectivity index (χ0v) is 13.8. The number of aryl methyl sites for hydroxylation is 1. The van der Waals surface area contributed by atoms with E-state index in [4.69, 9.17) is 0 Å². The molecular formula is C18H19F2N3O2. The molecule has 7 heteroatoms. The number of carbonyl (C=O) groups excluding carboxylic acids is 1. The Morgan fingerprint density at radius 2 is 2.24 bits per heavy atom. The summed E-state index contributed by atoms with van der Waals surface area (Å²) in [6, 6.07) is 2.44. The van der Waals surface area contributed by atoms with E-state index in [1.165, 1.54) is 11.0 Å². The van der Waals surface area contributed by atoms with Crippen LogP contribution < -0.4 is 0 Å². The SMILES string of the molecule is CCn1ccnc1/C=C/C(=O)N1CC(O)CC1c1cc(F)ccc1F. The molecule has 2 heterocycles. The first-order valence-corrected chi connectivity index (χ1v) is 8.12. The lowest BCUT2D eigenvalue weighted by atomic mass is 10.0. The number of imidazole rings is 1. The largest absolute Gasteiger partial charge is 0.391 e. The second-order valence-electron chi connectivity index (χ2n) is 5.97. The molecule has 2 unspecified atom stereocenters. The van der Waals surface area contributed by atoms with Gasteiger partial charge in [-0.05, 0) is 37.6 Å².